The van der Waals surface area contributed by atoms with Gasteiger partial charge in [-0.2, -0.15) is 5.11 Å². The number of hydrogen-bond donors (Lipinski definition) is 0. The molecule has 24 heavy (non-hydrogen) atoms. The van der Waals surface area contributed by atoms with E-state index in [1.165, 1.54) is 59.7 Å². The van der Waals surface area contributed by atoms with Crippen molar-refractivity contribution in [1.29, 1.82) is 0 Å². The first-order chi connectivity index (χ1) is 11.9. The van der Waals surface area contributed by atoms with Crippen molar-refractivity contribution in [2.24, 2.45) is 10.2 Å². The van der Waals surface area contributed by atoms with Crippen LogP contribution in [0, 0.1) is 0 Å². The third kappa shape index (κ3) is 2.90. The van der Waals surface area contributed by atoms with Crippen LogP contribution in [0.2, 0.25) is 0 Å². The molecule has 0 saturated heterocycles. The first-order valence-corrected chi connectivity index (χ1v) is 8.49. The van der Waals surface area contributed by atoms with Crippen LogP contribution < -0.4 is 0 Å². The Hall–Kier alpha value is -2.68. The largest absolute Gasteiger partial charge is 0.476 e. The summed E-state index contributed by atoms with van der Waals surface area (Å²) in [6.45, 7) is 0.372. The predicted octanol–water partition coefficient (Wildman–Crippen LogP) is 5.77. The zero-order chi connectivity index (χ0) is 16.2. The van der Waals surface area contributed by atoms with Crippen molar-refractivity contribution >= 4 is 21.5 Å². The van der Waals surface area contributed by atoms with Gasteiger partial charge in [0.05, 0.1) is 6.20 Å². The van der Waals surface area contributed by atoms with Crippen molar-refractivity contribution in [3.8, 4) is 0 Å². The fourth-order valence-electron chi connectivity index (χ4n) is 3.57. The molecule has 0 amide bonds. The monoisotopic (exact) mass is 316 g/mol. The van der Waals surface area contributed by atoms with Crippen LogP contribution in [-0.4, -0.2) is 6.73 Å². The molecule has 3 aromatic rings. The summed E-state index contributed by atoms with van der Waals surface area (Å²) >= 11 is 0. The minimum Gasteiger partial charge on any atom is -0.476 e. The van der Waals surface area contributed by atoms with Crippen molar-refractivity contribution in [3.63, 3.8) is 0 Å². The average Bonchev–Trinajstić information content (AvgIpc) is 2.69. The Morgan fingerprint density at radius 1 is 0.792 bits per heavy atom. The van der Waals surface area contributed by atoms with Crippen molar-refractivity contribution in [1.82, 2.24) is 0 Å². The molecular weight excluding hydrogens is 296 g/mol. The summed E-state index contributed by atoms with van der Waals surface area (Å²) in [5, 5.41) is 12.6. The molecule has 0 unspecified atom stereocenters. The van der Waals surface area contributed by atoms with Crippen LogP contribution in [0.5, 0.6) is 0 Å². The van der Waals surface area contributed by atoms with Gasteiger partial charge in [0.1, 0.15) is 6.26 Å². The molecular formula is C21H20N2O. The Labute approximate surface area is 141 Å². The summed E-state index contributed by atoms with van der Waals surface area (Å²) in [5.74, 6) is 0. The summed E-state index contributed by atoms with van der Waals surface area (Å²) in [6, 6.07) is 18.0. The Morgan fingerprint density at radius 3 is 2.46 bits per heavy atom. The summed E-state index contributed by atoms with van der Waals surface area (Å²) < 4.78 is 4.63. The fourth-order valence-corrected chi connectivity index (χ4v) is 3.57. The third-order valence-corrected chi connectivity index (χ3v) is 4.70. The lowest BCUT2D eigenvalue weighted by molar-refractivity contribution is 0.245. The van der Waals surface area contributed by atoms with Gasteiger partial charge >= 0.3 is 0 Å². The summed E-state index contributed by atoms with van der Waals surface area (Å²) in [5.41, 5.74) is 3.17. The van der Waals surface area contributed by atoms with Crippen molar-refractivity contribution < 1.29 is 4.74 Å². The van der Waals surface area contributed by atoms with Crippen molar-refractivity contribution in [2.75, 3.05) is 6.73 Å². The number of fused-ring (bicyclic) bond motifs is 5. The number of benzene rings is 3. The van der Waals surface area contributed by atoms with Gasteiger partial charge < -0.3 is 4.74 Å². The van der Waals surface area contributed by atoms with E-state index in [0.29, 0.717) is 6.73 Å². The molecule has 0 radical (unpaired) electrons. The smallest absolute Gasteiger partial charge is 0.198 e. The molecule has 0 bridgehead atoms. The summed E-state index contributed by atoms with van der Waals surface area (Å²) in [4.78, 5) is 0. The zero-order valence-electron chi connectivity index (χ0n) is 13.6. The molecule has 1 heterocycles. The van der Waals surface area contributed by atoms with Crippen LogP contribution in [-0.2, 0) is 17.6 Å². The average molecular weight is 316 g/mol. The van der Waals surface area contributed by atoms with Gasteiger partial charge in [-0.25, -0.2) is 0 Å². The quantitative estimate of drug-likeness (QED) is 0.485. The first kappa shape index (κ1) is 14.9. The molecule has 0 saturated carbocycles. The van der Waals surface area contributed by atoms with E-state index in [0.717, 1.165) is 0 Å². The molecule has 120 valence electrons. The lowest BCUT2D eigenvalue weighted by Crippen LogP contribution is -2.02. The van der Waals surface area contributed by atoms with Crippen LogP contribution in [0.1, 0.15) is 24.0 Å². The summed E-state index contributed by atoms with van der Waals surface area (Å²) in [6.07, 6.45) is 8.23. The van der Waals surface area contributed by atoms with Gasteiger partial charge in [-0.1, -0.05) is 48.5 Å². The topological polar surface area (TPSA) is 34.0 Å². The van der Waals surface area contributed by atoms with Gasteiger partial charge in [0, 0.05) is 0 Å². The molecule has 0 atom stereocenters. The van der Waals surface area contributed by atoms with Gasteiger partial charge in [0.2, 0.25) is 0 Å². The van der Waals surface area contributed by atoms with Crippen LogP contribution in [0.4, 0.5) is 0 Å². The highest BCUT2D eigenvalue weighted by Crippen LogP contribution is 2.33. The number of aryl methyl sites for hydroxylation is 2. The molecule has 0 aromatic heterocycles. The number of nitrogens with zero attached hydrogens (tertiary/aromatic N) is 2. The maximum atomic E-state index is 4.63. The molecule has 2 aliphatic rings. The lowest BCUT2D eigenvalue weighted by Gasteiger charge is -2.18. The number of rotatable bonds is 0. The maximum Gasteiger partial charge on any atom is 0.198 e. The fraction of sp³-hybridized carbons (Fsp3) is 0.238. The molecule has 1 aliphatic carbocycles. The maximum absolute atomic E-state index is 4.63. The first-order valence-electron chi connectivity index (χ1n) is 8.49. The number of ether oxygens (including phenoxy) is 1. The van der Waals surface area contributed by atoms with E-state index in [1.807, 2.05) is 0 Å². The van der Waals surface area contributed by atoms with Crippen molar-refractivity contribution in [3.05, 3.63) is 72.1 Å². The highest BCUT2D eigenvalue weighted by molar-refractivity contribution is 6.08. The van der Waals surface area contributed by atoms with E-state index < -0.39 is 0 Å². The zero-order valence-corrected chi connectivity index (χ0v) is 13.6. The Kier molecular flexibility index (Phi) is 4.24. The highest BCUT2D eigenvalue weighted by atomic mass is 16.5. The van der Waals surface area contributed by atoms with Crippen LogP contribution >= 0.6 is 0 Å². The van der Waals surface area contributed by atoms with E-state index >= 15 is 0 Å². The van der Waals surface area contributed by atoms with Gasteiger partial charge in [-0.15, -0.1) is 5.11 Å². The van der Waals surface area contributed by atoms with E-state index in [9.17, 15) is 0 Å². The molecule has 3 aromatic carbocycles. The van der Waals surface area contributed by atoms with Gasteiger partial charge in [0.25, 0.3) is 0 Å². The molecule has 3 heteroatoms. The van der Waals surface area contributed by atoms with Gasteiger partial charge in [-0.3, -0.25) is 0 Å². The predicted molar refractivity (Wildman–Crippen MR) is 98.0 cm³/mol. The molecule has 1 aliphatic heterocycles. The molecule has 0 fully saturated rings. The molecule has 0 N–H and O–H groups in total. The standard InChI is InChI=1S/C18H16.C3H4N2O/c1-3-7-15-13(5-1)9-11-18-16-8-4-2-6-14(16)10-12-17(15)18;1-2-6-3-5-4-1/h1,3,5,7,9-12H,2,4,6,8H2;1-2H,3H2. The van der Waals surface area contributed by atoms with E-state index in [-0.39, 0.29) is 0 Å². The summed E-state index contributed by atoms with van der Waals surface area (Å²) in [7, 11) is 0. The van der Waals surface area contributed by atoms with Gasteiger partial charge in [-0.05, 0) is 58.4 Å². The van der Waals surface area contributed by atoms with Crippen LogP contribution in [0.25, 0.3) is 21.5 Å². The van der Waals surface area contributed by atoms with Gasteiger partial charge in [0.15, 0.2) is 6.73 Å². The normalized spacial score (nSPS) is 15.5. The second kappa shape index (κ2) is 6.83. The van der Waals surface area contributed by atoms with E-state index in [1.54, 1.807) is 11.1 Å². The molecule has 3 nitrogen and oxygen atoms in total. The van der Waals surface area contributed by atoms with Crippen LogP contribution in [0.15, 0.2) is 71.2 Å². The van der Waals surface area contributed by atoms with E-state index in [2.05, 4.69) is 63.5 Å². The molecule has 5 rings (SSSR count). The minimum absolute atomic E-state index is 0.372. The SMILES string of the molecule is C1=COCN=N1.c1ccc2c(c1)ccc1c3c(ccc12)CCCC3. The Morgan fingerprint density at radius 2 is 1.67 bits per heavy atom. The minimum atomic E-state index is 0.372. The Balaban J connectivity index is 0.000000207. The molecule has 0 spiro atoms. The highest BCUT2D eigenvalue weighted by Gasteiger charge is 2.13. The van der Waals surface area contributed by atoms with E-state index in [4.69, 9.17) is 0 Å². The number of hydrogen-bond acceptors (Lipinski definition) is 3. The number of azo groups is 1. The second-order valence-electron chi connectivity index (χ2n) is 6.13. The lowest BCUT2D eigenvalue weighted by atomic mass is 9.86. The Bertz CT molecular complexity index is 916. The van der Waals surface area contributed by atoms with Crippen molar-refractivity contribution in [2.45, 2.75) is 25.7 Å². The van der Waals surface area contributed by atoms with Crippen LogP contribution in [0.3, 0.4) is 0 Å². The third-order valence-electron chi connectivity index (χ3n) is 4.70. The second-order valence-corrected chi connectivity index (χ2v) is 6.13.